The van der Waals surface area contributed by atoms with Crippen LogP contribution in [-0.2, 0) is 19.6 Å². The van der Waals surface area contributed by atoms with Crippen LogP contribution in [0.2, 0.25) is 0 Å². The number of rotatable bonds is 1. The van der Waals surface area contributed by atoms with E-state index in [0.29, 0.717) is 0 Å². The monoisotopic (exact) mass is 164 g/mol. The van der Waals surface area contributed by atoms with E-state index in [2.05, 4.69) is 10.3 Å². The second-order valence-electron chi connectivity index (χ2n) is 3.02. The number of pyridine rings is 1. The third-order valence-corrected chi connectivity index (χ3v) is 2.27. The summed E-state index contributed by atoms with van der Waals surface area (Å²) < 4.78 is 0. The summed E-state index contributed by atoms with van der Waals surface area (Å²) in [5.74, 6) is 0. The summed E-state index contributed by atoms with van der Waals surface area (Å²) >= 11 is 0. The molecular formula is C9H12N2O. The van der Waals surface area contributed by atoms with Crippen molar-refractivity contribution in [1.82, 2.24) is 10.3 Å². The van der Waals surface area contributed by atoms with Gasteiger partial charge in [-0.3, -0.25) is 4.98 Å². The Labute approximate surface area is 71.4 Å². The molecule has 0 spiro atoms. The van der Waals surface area contributed by atoms with Gasteiger partial charge in [0.05, 0.1) is 6.61 Å². The molecule has 0 aromatic carbocycles. The average Bonchev–Trinajstić information content (AvgIpc) is 2.17. The molecule has 1 aliphatic rings. The van der Waals surface area contributed by atoms with Gasteiger partial charge in [-0.15, -0.1) is 0 Å². The Kier molecular flexibility index (Phi) is 2.06. The van der Waals surface area contributed by atoms with Crippen LogP contribution in [0, 0.1) is 0 Å². The molecule has 0 atom stereocenters. The predicted octanol–water partition coefficient (Wildman–Crippen LogP) is 0.220. The highest BCUT2D eigenvalue weighted by Crippen LogP contribution is 2.16. The van der Waals surface area contributed by atoms with Gasteiger partial charge >= 0.3 is 0 Å². The minimum Gasteiger partial charge on any atom is -0.392 e. The number of aliphatic hydroxyl groups is 1. The van der Waals surface area contributed by atoms with Crippen molar-refractivity contribution in [3.63, 3.8) is 0 Å². The van der Waals surface area contributed by atoms with Crippen LogP contribution in [0.1, 0.15) is 16.7 Å². The molecule has 0 aliphatic carbocycles. The van der Waals surface area contributed by atoms with Gasteiger partial charge in [0.25, 0.3) is 0 Å². The first-order chi connectivity index (χ1) is 5.92. The van der Waals surface area contributed by atoms with Crippen molar-refractivity contribution in [3.05, 3.63) is 29.1 Å². The Morgan fingerprint density at radius 1 is 1.50 bits per heavy atom. The van der Waals surface area contributed by atoms with E-state index in [1.165, 1.54) is 11.1 Å². The van der Waals surface area contributed by atoms with E-state index in [4.69, 9.17) is 5.11 Å². The number of aromatic nitrogens is 1. The smallest absolute Gasteiger partial charge is 0.0699 e. The standard InChI is InChI=1S/C9H12N2O/c12-6-8-5-11-4-7-3-10-2-1-9(7)8/h4-5,10,12H,1-3,6H2. The zero-order chi connectivity index (χ0) is 8.39. The van der Waals surface area contributed by atoms with Crippen molar-refractivity contribution in [2.45, 2.75) is 19.6 Å². The van der Waals surface area contributed by atoms with Gasteiger partial charge in [-0.05, 0) is 29.7 Å². The van der Waals surface area contributed by atoms with Crippen LogP contribution >= 0.6 is 0 Å². The van der Waals surface area contributed by atoms with Gasteiger partial charge in [0.2, 0.25) is 0 Å². The van der Waals surface area contributed by atoms with Crippen molar-refractivity contribution in [3.8, 4) is 0 Å². The maximum atomic E-state index is 9.03. The van der Waals surface area contributed by atoms with Gasteiger partial charge in [-0.25, -0.2) is 0 Å². The summed E-state index contributed by atoms with van der Waals surface area (Å²) in [5.41, 5.74) is 3.49. The molecule has 1 aliphatic heterocycles. The lowest BCUT2D eigenvalue weighted by Gasteiger charge is -2.18. The molecule has 2 rings (SSSR count). The van der Waals surface area contributed by atoms with Crippen molar-refractivity contribution in [2.24, 2.45) is 0 Å². The first-order valence-corrected chi connectivity index (χ1v) is 4.18. The van der Waals surface area contributed by atoms with Crippen LogP contribution in [0.25, 0.3) is 0 Å². The number of hydrogen-bond acceptors (Lipinski definition) is 3. The molecule has 64 valence electrons. The molecule has 0 bridgehead atoms. The molecule has 12 heavy (non-hydrogen) atoms. The molecular weight excluding hydrogens is 152 g/mol. The minimum absolute atomic E-state index is 0.107. The van der Waals surface area contributed by atoms with Gasteiger partial charge in [-0.1, -0.05) is 0 Å². The summed E-state index contributed by atoms with van der Waals surface area (Å²) in [6.07, 6.45) is 4.64. The number of aliphatic hydroxyl groups excluding tert-OH is 1. The van der Waals surface area contributed by atoms with Crippen LogP contribution in [0.5, 0.6) is 0 Å². The zero-order valence-electron chi connectivity index (χ0n) is 6.88. The Bertz CT molecular complexity index is 272. The molecule has 2 N–H and O–H groups in total. The molecule has 2 heterocycles. The van der Waals surface area contributed by atoms with Crippen LogP contribution in [0.3, 0.4) is 0 Å². The Morgan fingerprint density at radius 2 is 2.42 bits per heavy atom. The van der Waals surface area contributed by atoms with Crippen LogP contribution < -0.4 is 5.32 Å². The fourth-order valence-corrected chi connectivity index (χ4v) is 1.63. The quantitative estimate of drug-likeness (QED) is 0.624. The van der Waals surface area contributed by atoms with Crippen molar-refractivity contribution in [2.75, 3.05) is 6.54 Å². The maximum absolute atomic E-state index is 9.03. The number of hydrogen-bond donors (Lipinski definition) is 2. The lowest BCUT2D eigenvalue weighted by molar-refractivity contribution is 0.279. The number of nitrogens with zero attached hydrogens (tertiary/aromatic N) is 1. The van der Waals surface area contributed by atoms with Crippen LogP contribution in [0.15, 0.2) is 12.4 Å². The summed E-state index contributed by atoms with van der Waals surface area (Å²) in [5, 5.41) is 12.3. The molecule has 1 aromatic rings. The Hall–Kier alpha value is -0.930. The van der Waals surface area contributed by atoms with Gasteiger partial charge < -0.3 is 10.4 Å². The second-order valence-corrected chi connectivity index (χ2v) is 3.02. The summed E-state index contributed by atoms with van der Waals surface area (Å²) in [4.78, 5) is 4.07. The molecule has 0 saturated heterocycles. The molecule has 0 unspecified atom stereocenters. The first kappa shape index (κ1) is 7.71. The zero-order valence-corrected chi connectivity index (χ0v) is 6.88. The lowest BCUT2D eigenvalue weighted by atomic mass is 9.99. The summed E-state index contributed by atoms with van der Waals surface area (Å²) in [6.45, 7) is 2.00. The highest BCUT2D eigenvalue weighted by atomic mass is 16.3. The second kappa shape index (κ2) is 3.21. The minimum atomic E-state index is 0.107. The van der Waals surface area contributed by atoms with E-state index in [1.807, 2.05) is 6.20 Å². The first-order valence-electron chi connectivity index (χ1n) is 4.18. The Morgan fingerprint density at radius 3 is 3.25 bits per heavy atom. The SMILES string of the molecule is OCc1cncc2c1CCNC2. The fourth-order valence-electron chi connectivity index (χ4n) is 1.63. The van der Waals surface area contributed by atoms with E-state index in [1.54, 1.807) is 6.20 Å². The van der Waals surface area contributed by atoms with E-state index in [0.717, 1.165) is 25.1 Å². The largest absolute Gasteiger partial charge is 0.392 e. The average molecular weight is 164 g/mol. The summed E-state index contributed by atoms with van der Waals surface area (Å²) in [6, 6.07) is 0. The van der Waals surface area contributed by atoms with Crippen molar-refractivity contribution >= 4 is 0 Å². The highest BCUT2D eigenvalue weighted by molar-refractivity contribution is 5.33. The van der Waals surface area contributed by atoms with Gasteiger partial charge in [-0.2, -0.15) is 0 Å². The molecule has 0 radical (unpaired) electrons. The van der Waals surface area contributed by atoms with Crippen molar-refractivity contribution in [1.29, 1.82) is 0 Å². The predicted molar refractivity (Wildman–Crippen MR) is 45.6 cm³/mol. The van der Waals surface area contributed by atoms with Crippen LogP contribution in [0.4, 0.5) is 0 Å². The van der Waals surface area contributed by atoms with Gasteiger partial charge in [0.15, 0.2) is 0 Å². The fraction of sp³-hybridized carbons (Fsp3) is 0.444. The molecule has 3 heteroatoms. The van der Waals surface area contributed by atoms with E-state index in [-0.39, 0.29) is 6.61 Å². The molecule has 0 fully saturated rings. The third-order valence-electron chi connectivity index (χ3n) is 2.27. The number of fused-ring (bicyclic) bond motifs is 1. The lowest BCUT2D eigenvalue weighted by Crippen LogP contribution is -2.24. The maximum Gasteiger partial charge on any atom is 0.0699 e. The van der Waals surface area contributed by atoms with Gasteiger partial charge in [0.1, 0.15) is 0 Å². The Balaban J connectivity index is 2.44. The van der Waals surface area contributed by atoms with E-state index in [9.17, 15) is 0 Å². The van der Waals surface area contributed by atoms with Gasteiger partial charge in [0, 0.05) is 18.9 Å². The van der Waals surface area contributed by atoms with E-state index < -0.39 is 0 Å². The molecule has 3 nitrogen and oxygen atoms in total. The van der Waals surface area contributed by atoms with Crippen molar-refractivity contribution < 1.29 is 5.11 Å². The number of nitrogens with one attached hydrogen (secondary N) is 1. The molecule has 0 amide bonds. The van der Waals surface area contributed by atoms with Crippen LogP contribution in [-0.4, -0.2) is 16.6 Å². The molecule has 0 saturated carbocycles. The normalized spacial score (nSPS) is 15.8. The summed E-state index contributed by atoms with van der Waals surface area (Å²) in [7, 11) is 0. The van der Waals surface area contributed by atoms with E-state index >= 15 is 0 Å². The third kappa shape index (κ3) is 1.21. The molecule has 1 aromatic heterocycles. The topological polar surface area (TPSA) is 45.2 Å². The highest BCUT2D eigenvalue weighted by Gasteiger charge is 2.11.